The molecule has 0 spiro atoms. The van der Waals surface area contributed by atoms with Crippen molar-refractivity contribution < 1.29 is 18.0 Å². The fourth-order valence-electron chi connectivity index (χ4n) is 2.46. The van der Waals surface area contributed by atoms with Crippen molar-refractivity contribution in [1.29, 1.82) is 0 Å². The normalized spacial score (nSPS) is 12.0. The Morgan fingerprint density at radius 2 is 1.96 bits per heavy atom. The first-order chi connectivity index (χ1) is 12.5. The van der Waals surface area contributed by atoms with Gasteiger partial charge in [0.05, 0.1) is 6.04 Å². The summed E-state index contributed by atoms with van der Waals surface area (Å²) < 4.78 is 32.0. The fraction of sp³-hybridized carbons (Fsp3) is 0.158. The highest BCUT2D eigenvalue weighted by atomic mass is 19.1. The first-order valence-electron chi connectivity index (χ1n) is 8.00. The van der Waals surface area contributed by atoms with Gasteiger partial charge in [0.15, 0.2) is 5.69 Å². The smallest absolute Gasteiger partial charge is 0.273 e. The zero-order valence-corrected chi connectivity index (χ0v) is 13.8. The minimum atomic E-state index is -0.600. The lowest BCUT2D eigenvalue weighted by Gasteiger charge is -2.07. The Kier molecular flexibility index (Phi) is 5.38. The van der Waals surface area contributed by atoms with Crippen LogP contribution in [0.1, 0.15) is 33.5 Å². The highest BCUT2D eigenvalue weighted by Gasteiger charge is 2.17. The van der Waals surface area contributed by atoms with E-state index in [4.69, 9.17) is 10.2 Å². The van der Waals surface area contributed by atoms with Gasteiger partial charge in [-0.15, -0.1) is 0 Å². The molecule has 0 bridgehead atoms. The van der Waals surface area contributed by atoms with Gasteiger partial charge in [0.2, 0.25) is 5.89 Å². The number of rotatable bonds is 6. The molecule has 1 atom stereocenters. The van der Waals surface area contributed by atoms with E-state index in [9.17, 15) is 13.6 Å². The maximum absolute atomic E-state index is 13.6. The van der Waals surface area contributed by atoms with Crippen LogP contribution in [-0.4, -0.2) is 10.9 Å². The third-order valence-electron chi connectivity index (χ3n) is 3.82. The molecule has 1 amide bonds. The topological polar surface area (TPSA) is 81.1 Å². The summed E-state index contributed by atoms with van der Waals surface area (Å²) in [5.74, 6) is -1.50. The van der Waals surface area contributed by atoms with Crippen LogP contribution in [0.4, 0.5) is 8.78 Å². The largest absolute Gasteiger partial charge is 0.446 e. The number of halogens is 2. The zero-order valence-electron chi connectivity index (χ0n) is 13.8. The van der Waals surface area contributed by atoms with Crippen LogP contribution < -0.4 is 11.1 Å². The Morgan fingerprint density at radius 1 is 1.19 bits per heavy atom. The number of nitrogens with two attached hydrogens (primary N) is 1. The molecule has 7 heteroatoms. The van der Waals surface area contributed by atoms with Gasteiger partial charge in [0, 0.05) is 12.1 Å². The molecule has 3 rings (SSSR count). The molecule has 0 aliphatic carbocycles. The van der Waals surface area contributed by atoms with Crippen LogP contribution in [-0.2, 0) is 13.0 Å². The van der Waals surface area contributed by atoms with Crippen molar-refractivity contribution in [3.05, 3.63) is 89.1 Å². The van der Waals surface area contributed by atoms with Gasteiger partial charge in [-0.1, -0.05) is 30.3 Å². The number of amides is 1. The van der Waals surface area contributed by atoms with E-state index in [0.717, 1.165) is 23.8 Å². The van der Waals surface area contributed by atoms with Crippen molar-refractivity contribution in [1.82, 2.24) is 10.3 Å². The van der Waals surface area contributed by atoms with E-state index < -0.39 is 23.6 Å². The van der Waals surface area contributed by atoms with Gasteiger partial charge in [-0.25, -0.2) is 13.8 Å². The second-order valence-electron chi connectivity index (χ2n) is 5.79. The van der Waals surface area contributed by atoms with E-state index >= 15 is 0 Å². The third-order valence-corrected chi connectivity index (χ3v) is 3.82. The number of hydrogen-bond acceptors (Lipinski definition) is 4. The van der Waals surface area contributed by atoms with Crippen molar-refractivity contribution in [2.45, 2.75) is 19.0 Å². The highest BCUT2D eigenvalue weighted by Crippen LogP contribution is 2.16. The summed E-state index contributed by atoms with van der Waals surface area (Å²) >= 11 is 0. The zero-order chi connectivity index (χ0) is 18.5. The molecule has 0 fully saturated rings. The molecule has 3 aromatic rings. The van der Waals surface area contributed by atoms with E-state index in [-0.39, 0.29) is 23.7 Å². The molecule has 2 aromatic carbocycles. The number of aromatic nitrogens is 1. The van der Waals surface area contributed by atoms with Crippen LogP contribution in [0.2, 0.25) is 0 Å². The molecule has 26 heavy (non-hydrogen) atoms. The summed E-state index contributed by atoms with van der Waals surface area (Å²) in [5, 5.41) is 2.48. The van der Waals surface area contributed by atoms with Gasteiger partial charge in [0.1, 0.15) is 17.9 Å². The van der Waals surface area contributed by atoms with Crippen molar-refractivity contribution in [3.63, 3.8) is 0 Å². The number of oxazole rings is 1. The number of carbonyl (C=O) groups excluding carboxylic acids is 1. The van der Waals surface area contributed by atoms with Crippen LogP contribution >= 0.6 is 0 Å². The average molecular weight is 357 g/mol. The monoisotopic (exact) mass is 357 g/mol. The summed E-state index contributed by atoms with van der Waals surface area (Å²) in [7, 11) is 0. The van der Waals surface area contributed by atoms with Crippen molar-refractivity contribution in [2.24, 2.45) is 5.73 Å². The lowest BCUT2D eigenvalue weighted by atomic mass is 10.1. The number of hydrogen-bond donors (Lipinski definition) is 2. The van der Waals surface area contributed by atoms with Gasteiger partial charge in [-0.2, -0.15) is 0 Å². The number of nitrogens with zero attached hydrogens (tertiary/aromatic N) is 1. The molecule has 0 aliphatic heterocycles. The van der Waals surface area contributed by atoms with E-state index in [0.29, 0.717) is 6.42 Å². The van der Waals surface area contributed by atoms with Gasteiger partial charge in [-0.05, 0) is 30.2 Å². The molecule has 134 valence electrons. The Morgan fingerprint density at radius 3 is 2.73 bits per heavy atom. The minimum absolute atomic E-state index is 0.0281. The molecule has 1 unspecified atom stereocenters. The van der Waals surface area contributed by atoms with E-state index in [1.807, 2.05) is 30.3 Å². The molecule has 0 aliphatic rings. The molecule has 0 radical (unpaired) electrons. The van der Waals surface area contributed by atoms with Gasteiger partial charge in [0.25, 0.3) is 5.91 Å². The summed E-state index contributed by atoms with van der Waals surface area (Å²) in [6.07, 6.45) is 1.70. The van der Waals surface area contributed by atoms with Gasteiger partial charge in [-0.3, -0.25) is 4.79 Å². The summed E-state index contributed by atoms with van der Waals surface area (Å²) in [6.45, 7) is -0.166. The first-order valence-corrected chi connectivity index (χ1v) is 8.00. The fourth-order valence-corrected chi connectivity index (χ4v) is 2.46. The Bertz CT molecular complexity index is 897. The molecule has 5 nitrogen and oxygen atoms in total. The molecule has 3 N–H and O–H groups in total. The van der Waals surface area contributed by atoms with Crippen LogP contribution in [0.25, 0.3) is 0 Å². The lowest BCUT2D eigenvalue weighted by molar-refractivity contribution is 0.0945. The standard InChI is InChI=1S/C19H17F2N3O2/c20-14-6-7-15(21)13(9-14)10-23-18(25)17-11-26-19(24-17)16(22)8-12-4-2-1-3-5-12/h1-7,9,11,16H,8,10,22H2,(H,23,25). The molecular formula is C19H17F2N3O2. The number of nitrogens with one attached hydrogen (secondary N) is 1. The second kappa shape index (κ2) is 7.88. The van der Waals surface area contributed by atoms with Crippen molar-refractivity contribution in [2.75, 3.05) is 0 Å². The Labute approximate surface area is 148 Å². The third kappa shape index (κ3) is 4.31. The number of benzene rings is 2. The SMILES string of the molecule is NC(Cc1ccccc1)c1nc(C(=O)NCc2cc(F)ccc2F)co1. The van der Waals surface area contributed by atoms with Crippen molar-refractivity contribution in [3.8, 4) is 0 Å². The van der Waals surface area contributed by atoms with E-state index in [1.54, 1.807) is 0 Å². The van der Waals surface area contributed by atoms with E-state index in [1.165, 1.54) is 6.26 Å². The maximum Gasteiger partial charge on any atom is 0.273 e. The Hall–Kier alpha value is -3.06. The van der Waals surface area contributed by atoms with Gasteiger partial charge >= 0.3 is 0 Å². The molecular weight excluding hydrogens is 340 g/mol. The highest BCUT2D eigenvalue weighted by molar-refractivity contribution is 5.91. The Balaban J connectivity index is 1.61. The van der Waals surface area contributed by atoms with E-state index in [2.05, 4.69) is 10.3 Å². The van der Waals surface area contributed by atoms with Crippen molar-refractivity contribution >= 4 is 5.91 Å². The van der Waals surface area contributed by atoms with Gasteiger partial charge < -0.3 is 15.5 Å². The summed E-state index contributed by atoms with van der Waals surface area (Å²) in [6, 6.07) is 12.1. The average Bonchev–Trinajstić information content (AvgIpc) is 3.13. The van der Waals surface area contributed by atoms with Crippen LogP contribution in [0.3, 0.4) is 0 Å². The molecule has 0 saturated carbocycles. The summed E-state index contributed by atoms with van der Waals surface area (Å²) in [5.41, 5.74) is 7.15. The van der Waals surface area contributed by atoms with Crippen LogP contribution in [0.15, 0.2) is 59.2 Å². The predicted molar refractivity (Wildman–Crippen MR) is 91.1 cm³/mol. The second-order valence-corrected chi connectivity index (χ2v) is 5.79. The number of carbonyl (C=O) groups is 1. The van der Waals surface area contributed by atoms with Crippen LogP contribution in [0, 0.1) is 11.6 Å². The molecule has 1 aromatic heterocycles. The minimum Gasteiger partial charge on any atom is -0.446 e. The maximum atomic E-state index is 13.6. The molecule has 1 heterocycles. The lowest BCUT2D eigenvalue weighted by Crippen LogP contribution is -2.24. The molecule has 0 saturated heterocycles. The summed E-state index contributed by atoms with van der Waals surface area (Å²) in [4.78, 5) is 16.2. The van der Waals surface area contributed by atoms with Crippen LogP contribution in [0.5, 0.6) is 0 Å². The quantitative estimate of drug-likeness (QED) is 0.710. The first kappa shape index (κ1) is 17.8. The predicted octanol–water partition coefficient (Wildman–Crippen LogP) is 3.13.